The standard InChI is InChI=1S/C24H24F3N5O4/c1-23(15-31-14-21(32(33)34)28-22(31)36-23)16-35-20-8-6-19(7-9-20)30-12-10-29(11-13-30)18-4-2-17(3-5-18)24(25,26)27/h2-9,14H,10-13,15-16H2,1H3/t23-/m0/s1. The Labute approximate surface area is 204 Å². The largest absolute Gasteiger partial charge is 0.489 e. The van der Waals surface area contributed by atoms with Crippen LogP contribution in [0.3, 0.4) is 0 Å². The quantitative estimate of drug-likeness (QED) is 0.365. The van der Waals surface area contributed by atoms with Crippen LogP contribution >= 0.6 is 0 Å². The highest BCUT2D eigenvalue weighted by Crippen LogP contribution is 2.33. The molecule has 36 heavy (non-hydrogen) atoms. The molecule has 5 rings (SSSR count). The first-order chi connectivity index (χ1) is 17.1. The Balaban J connectivity index is 1.12. The zero-order valence-electron chi connectivity index (χ0n) is 19.4. The summed E-state index contributed by atoms with van der Waals surface area (Å²) >= 11 is 0. The minimum atomic E-state index is -4.33. The lowest BCUT2D eigenvalue weighted by Crippen LogP contribution is -2.46. The van der Waals surface area contributed by atoms with E-state index in [1.165, 1.54) is 18.3 Å². The van der Waals surface area contributed by atoms with Gasteiger partial charge in [-0.15, -0.1) is 0 Å². The number of nitro groups is 1. The second-order valence-corrected chi connectivity index (χ2v) is 9.12. The van der Waals surface area contributed by atoms with Gasteiger partial charge in [0.15, 0.2) is 5.60 Å². The van der Waals surface area contributed by atoms with E-state index >= 15 is 0 Å². The number of rotatable bonds is 6. The lowest BCUT2D eigenvalue weighted by Gasteiger charge is -2.37. The molecular formula is C24H24F3N5O4. The highest BCUT2D eigenvalue weighted by Gasteiger charge is 2.41. The maximum atomic E-state index is 12.8. The van der Waals surface area contributed by atoms with Crippen LogP contribution in [0.4, 0.5) is 30.4 Å². The maximum absolute atomic E-state index is 12.8. The van der Waals surface area contributed by atoms with Gasteiger partial charge in [0.1, 0.15) is 18.6 Å². The molecule has 1 aromatic heterocycles. The maximum Gasteiger partial charge on any atom is 0.416 e. The Hall–Kier alpha value is -3.96. The van der Waals surface area contributed by atoms with E-state index in [1.54, 1.807) is 4.57 Å². The number of imidazole rings is 1. The summed E-state index contributed by atoms with van der Waals surface area (Å²) in [5.74, 6) is 0.422. The number of nitrogens with zero attached hydrogens (tertiary/aromatic N) is 5. The van der Waals surface area contributed by atoms with E-state index in [9.17, 15) is 23.3 Å². The third-order valence-corrected chi connectivity index (χ3v) is 6.34. The van der Waals surface area contributed by atoms with Gasteiger partial charge < -0.3 is 29.4 Å². The second-order valence-electron chi connectivity index (χ2n) is 9.12. The van der Waals surface area contributed by atoms with Crippen LogP contribution in [0.1, 0.15) is 12.5 Å². The summed E-state index contributed by atoms with van der Waals surface area (Å²) in [4.78, 5) is 18.5. The Morgan fingerprint density at radius 3 is 2.08 bits per heavy atom. The lowest BCUT2D eigenvalue weighted by atomic mass is 10.1. The van der Waals surface area contributed by atoms with Gasteiger partial charge in [-0.2, -0.15) is 13.2 Å². The molecule has 0 spiro atoms. The van der Waals surface area contributed by atoms with E-state index in [2.05, 4.69) is 14.8 Å². The van der Waals surface area contributed by atoms with Crippen molar-refractivity contribution in [3.05, 3.63) is 70.4 Å². The van der Waals surface area contributed by atoms with Crippen LogP contribution in [0, 0.1) is 10.1 Å². The number of ether oxygens (including phenoxy) is 2. The molecule has 1 fully saturated rings. The van der Waals surface area contributed by atoms with Crippen LogP contribution in [-0.4, -0.2) is 52.9 Å². The smallest absolute Gasteiger partial charge is 0.416 e. The monoisotopic (exact) mass is 503 g/mol. The van der Waals surface area contributed by atoms with Crippen molar-refractivity contribution in [3.63, 3.8) is 0 Å². The van der Waals surface area contributed by atoms with Crippen molar-refractivity contribution in [2.24, 2.45) is 0 Å². The Morgan fingerprint density at radius 2 is 1.58 bits per heavy atom. The van der Waals surface area contributed by atoms with E-state index in [1.807, 2.05) is 31.2 Å². The summed E-state index contributed by atoms with van der Waals surface area (Å²) in [5.41, 5.74) is 0.483. The Bertz CT molecular complexity index is 1210. The van der Waals surface area contributed by atoms with Crippen LogP contribution in [0.5, 0.6) is 11.8 Å². The van der Waals surface area contributed by atoms with Gasteiger partial charge in [0.2, 0.25) is 0 Å². The van der Waals surface area contributed by atoms with Crippen molar-refractivity contribution in [3.8, 4) is 11.8 Å². The Kier molecular flexibility index (Phi) is 5.89. The summed E-state index contributed by atoms with van der Waals surface area (Å²) < 4.78 is 51.7. The van der Waals surface area contributed by atoms with E-state index in [0.717, 1.165) is 36.6 Å². The summed E-state index contributed by atoms with van der Waals surface area (Å²) in [6.45, 7) is 5.38. The molecule has 0 saturated carbocycles. The van der Waals surface area contributed by atoms with Crippen LogP contribution in [0.15, 0.2) is 54.7 Å². The molecule has 2 aliphatic heterocycles. The zero-order chi connectivity index (χ0) is 25.5. The second kappa shape index (κ2) is 8.92. The molecular weight excluding hydrogens is 479 g/mol. The number of benzene rings is 2. The Morgan fingerprint density at radius 1 is 1.03 bits per heavy atom. The molecule has 0 bridgehead atoms. The van der Waals surface area contributed by atoms with Gasteiger partial charge in [-0.05, 0) is 60.4 Å². The number of aromatic nitrogens is 2. The summed E-state index contributed by atoms with van der Waals surface area (Å²) in [5, 5.41) is 10.9. The van der Waals surface area contributed by atoms with Crippen molar-refractivity contribution >= 4 is 17.2 Å². The summed E-state index contributed by atoms with van der Waals surface area (Å²) in [7, 11) is 0. The molecule has 0 N–H and O–H groups in total. The number of fused-ring (bicyclic) bond motifs is 1. The predicted molar refractivity (Wildman–Crippen MR) is 126 cm³/mol. The van der Waals surface area contributed by atoms with E-state index in [-0.39, 0.29) is 18.4 Å². The third-order valence-electron chi connectivity index (χ3n) is 6.34. The van der Waals surface area contributed by atoms with Gasteiger partial charge >= 0.3 is 18.0 Å². The minimum Gasteiger partial charge on any atom is -0.489 e. The SMILES string of the molecule is C[C@@]1(COc2ccc(N3CCN(c4ccc(C(F)(F)F)cc4)CC3)cc2)Cn2cc([N+](=O)[O-])nc2O1. The number of anilines is 2. The first-order valence-electron chi connectivity index (χ1n) is 11.4. The summed E-state index contributed by atoms with van der Waals surface area (Å²) in [6, 6.07) is 13.2. The molecule has 2 aromatic carbocycles. The van der Waals surface area contributed by atoms with Crippen molar-refractivity contribution in [2.75, 3.05) is 42.6 Å². The van der Waals surface area contributed by atoms with Crippen LogP contribution in [0.25, 0.3) is 0 Å². The molecule has 1 saturated heterocycles. The summed E-state index contributed by atoms with van der Waals surface area (Å²) in [6.07, 6.45) is -2.98. The van der Waals surface area contributed by atoms with Crippen LogP contribution in [0.2, 0.25) is 0 Å². The van der Waals surface area contributed by atoms with Crippen molar-refractivity contribution < 1.29 is 27.6 Å². The zero-order valence-corrected chi connectivity index (χ0v) is 19.4. The first kappa shape index (κ1) is 23.8. The van der Waals surface area contributed by atoms with Gasteiger partial charge in [-0.1, -0.05) is 0 Å². The van der Waals surface area contributed by atoms with Gasteiger partial charge in [0.05, 0.1) is 12.1 Å². The highest BCUT2D eigenvalue weighted by atomic mass is 19.4. The van der Waals surface area contributed by atoms with Crippen LogP contribution in [-0.2, 0) is 12.7 Å². The van der Waals surface area contributed by atoms with Crippen molar-refractivity contribution in [1.29, 1.82) is 0 Å². The lowest BCUT2D eigenvalue weighted by molar-refractivity contribution is -0.389. The molecule has 190 valence electrons. The van der Waals surface area contributed by atoms with Gasteiger partial charge in [-0.25, -0.2) is 0 Å². The highest BCUT2D eigenvalue weighted by molar-refractivity contribution is 5.53. The van der Waals surface area contributed by atoms with E-state index < -0.39 is 22.3 Å². The normalized spacial score (nSPS) is 19.7. The fraction of sp³-hybridized carbons (Fsp3) is 0.375. The molecule has 2 aliphatic rings. The van der Waals surface area contributed by atoms with E-state index in [0.29, 0.717) is 25.4 Å². The van der Waals surface area contributed by atoms with Gasteiger partial charge in [0.25, 0.3) is 0 Å². The topological polar surface area (TPSA) is 85.9 Å². The van der Waals surface area contributed by atoms with Gasteiger partial charge in [0, 0.05) is 42.5 Å². The molecule has 0 unspecified atom stereocenters. The molecule has 9 nitrogen and oxygen atoms in total. The molecule has 3 heterocycles. The molecule has 0 radical (unpaired) electrons. The number of halogens is 3. The fourth-order valence-corrected chi connectivity index (χ4v) is 4.43. The van der Waals surface area contributed by atoms with Crippen LogP contribution < -0.4 is 19.3 Å². The predicted octanol–water partition coefficient (Wildman–Crippen LogP) is 4.37. The minimum absolute atomic E-state index is 0.207. The number of hydrogen-bond donors (Lipinski definition) is 0. The first-order valence-corrected chi connectivity index (χ1v) is 11.4. The molecule has 0 aliphatic carbocycles. The average Bonchev–Trinajstić information content (AvgIpc) is 3.38. The van der Waals surface area contributed by atoms with E-state index in [4.69, 9.17) is 9.47 Å². The fourth-order valence-electron chi connectivity index (χ4n) is 4.43. The molecule has 1 atom stereocenters. The third kappa shape index (κ3) is 4.88. The number of alkyl halides is 3. The molecule has 3 aromatic rings. The molecule has 12 heteroatoms. The number of piperazine rings is 1. The van der Waals surface area contributed by atoms with Crippen molar-refractivity contribution in [1.82, 2.24) is 9.55 Å². The van der Waals surface area contributed by atoms with Crippen molar-refractivity contribution in [2.45, 2.75) is 25.2 Å². The molecule has 0 amide bonds. The van der Waals surface area contributed by atoms with Gasteiger partial charge in [-0.3, -0.25) is 4.57 Å². The number of hydrogen-bond acceptors (Lipinski definition) is 7. The average molecular weight is 503 g/mol.